The first-order valence-corrected chi connectivity index (χ1v) is 6.41. The number of morpholine rings is 1. The summed E-state index contributed by atoms with van der Waals surface area (Å²) in [7, 11) is 0. The van der Waals surface area contributed by atoms with E-state index in [-0.39, 0.29) is 0 Å². The molecule has 88 valence electrons. The van der Waals surface area contributed by atoms with Crippen molar-refractivity contribution in [1.82, 2.24) is 0 Å². The van der Waals surface area contributed by atoms with Gasteiger partial charge in [0, 0.05) is 17.6 Å². The normalized spacial score (nSPS) is 21.1. The minimum Gasteiger partial charge on any atom is -0.397 e. The van der Waals surface area contributed by atoms with Gasteiger partial charge in [0.1, 0.15) is 0 Å². The second kappa shape index (κ2) is 5.06. The van der Waals surface area contributed by atoms with Gasteiger partial charge in [0.15, 0.2) is 0 Å². The van der Waals surface area contributed by atoms with E-state index in [1.807, 2.05) is 12.1 Å². The molecule has 1 unspecified atom stereocenters. The number of nitrogen functional groups attached to an aromatic ring is 1. The fraction of sp³-hybridized carbons (Fsp3) is 0.500. The smallest absolute Gasteiger partial charge is 0.0748 e. The molecular weight excluding hydrogens is 268 g/mol. The summed E-state index contributed by atoms with van der Waals surface area (Å²) >= 11 is 3.42. The van der Waals surface area contributed by atoms with Gasteiger partial charge in [-0.05, 0) is 24.6 Å². The maximum Gasteiger partial charge on any atom is 0.0748 e. The van der Waals surface area contributed by atoms with Crippen LogP contribution in [-0.2, 0) is 4.74 Å². The average molecular weight is 285 g/mol. The van der Waals surface area contributed by atoms with Crippen LogP contribution in [0, 0.1) is 0 Å². The van der Waals surface area contributed by atoms with Crippen LogP contribution in [0.2, 0.25) is 0 Å². The number of hydrogen-bond acceptors (Lipinski definition) is 3. The van der Waals surface area contributed by atoms with Crippen molar-refractivity contribution in [2.24, 2.45) is 0 Å². The summed E-state index contributed by atoms with van der Waals surface area (Å²) in [4.78, 5) is 2.30. The summed E-state index contributed by atoms with van der Waals surface area (Å²) in [5, 5.41) is 0. The molecule has 4 heteroatoms. The Morgan fingerprint density at radius 3 is 3.06 bits per heavy atom. The number of hydrogen-bond donors (Lipinski definition) is 1. The monoisotopic (exact) mass is 284 g/mol. The molecule has 0 saturated carbocycles. The van der Waals surface area contributed by atoms with Gasteiger partial charge in [-0.15, -0.1) is 0 Å². The maximum absolute atomic E-state index is 6.03. The minimum absolute atomic E-state index is 0.330. The number of benzene rings is 1. The standard InChI is InChI=1S/C12H17BrN2O/c1-2-10-8-15(5-6-16-10)12-4-3-9(13)7-11(12)14/h3-4,7,10H,2,5-6,8,14H2,1H3. The molecule has 1 aliphatic heterocycles. The summed E-state index contributed by atoms with van der Waals surface area (Å²) < 4.78 is 6.67. The lowest BCUT2D eigenvalue weighted by Gasteiger charge is -2.34. The van der Waals surface area contributed by atoms with Crippen LogP contribution in [0.3, 0.4) is 0 Å². The Labute approximate surface area is 105 Å². The van der Waals surface area contributed by atoms with Crippen LogP contribution in [0.25, 0.3) is 0 Å². The lowest BCUT2D eigenvalue weighted by Crippen LogP contribution is -2.42. The summed E-state index contributed by atoms with van der Waals surface area (Å²) in [5.41, 5.74) is 7.97. The first kappa shape index (κ1) is 11.7. The zero-order chi connectivity index (χ0) is 11.5. The van der Waals surface area contributed by atoms with E-state index in [1.54, 1.807) is 0 Å². The molecule has 0 spiro atoms. The van der Waals surface area contributed by atoms with Crippen LogP contribution < -0.4 is 10.6 Å². The van der Waals surface area contributed by atoms with Crippen LogP contribution in [0.5, 0.6) is 0 Å². The largest absolute Gasteiger partial charge is 0.397 e. The van der Waals surface area contributed by atoms with Crippen LogP contribution in [0.15, 0.2) is 22.7 Å². The first-order valence-electron chi connectivity index (χ1n) is 5.62. The first-order chi connectivity index (χ1) is 7.70. The lowest BCUT2D eigenvalue weighted by atomic mass is 10.2. The quantitative estimate of drug-likeness (QED) is 0.849. The summed E-state index contributed by atoms with van der Waals surface area (Å²) in [6.07, 6.45) is 1.38. The molecule has 1 aromatic carbocycles. The molecule has 1 heterocycles. The van der Waals surface area contributed by atoms with Gasteiger partial charge in [-0.2, -0.15) is 0 Å². The third-order valence-electron chi connectivity index (χ3n) is 2.92. The summed E-state index contributed by atoms with van der Waals surface area (Å²) in [6.45, 7) is 4.79. The number of rotatable bonds is 2. The van der Waals surface area contributed by atoms with E-state index >= 15 is 0 Å². The number of nitrogens with zero attached hydrogens (tertiary/aromatic N) is 1. The number of nitrogens with two attached hydrogens (primary N) is 1. The molecule has 2 rings (SSSR count). The van der Waals surface area contributed by atoms with Crippen molar-refractivity contribution in [3.05, 3.63) is 22.7 Å². The van der Waals surface area contributed by atoms with Crippen LogP contribution in [0.1, 0.15) is 13.3 Å². The molecule has 1 aromatic rings. The van der Waals surface area contributed by atoms with Crippen LogP contribution >= 0.6 is 15.9 Å². The SMILES string of the molecule is CCC1CN(c2ccc(Br)cc2N)CCO1. The van der Waals surface area contributed by atoms with Crippen LogP contribution in [-0.4, -0.2) is 25.8 Å². The molecule has 1 aliphatic rings. The van der Waals surface area contributed by atoms with E-state index in [0.717, 1.165) is 42.0 Å². The van der Waals surface area contributed by atoms with Crippen molar-refractivity contribution < 1.29 is 4.74 Å². The van der Waals surface area contributed by atoms with Gasteiger partial charge >= 0.3 is 0 Å². The van der Waals surface area contributed by atoms with Crippen molar-refractivity contribution in [3.63, 3.8) is 0 Å². The highest BCUT2D eigenvalue weighted by molar-refractivity contribution is 9.10. The third kappa shape index (κ3) is 2.50. The van der Waals surface area contributed by atoms with Gasteiger partial charge < -0.3 is 15.4 Å². The Balaban J connectivity index is 2.16. The van der Waals surface area contributed by atoms with Crippen molar-refractivity contribution in [1.29, 1.82) is 0 Å². The predicted molar refractivity (Wildman–Crippen MR) is 70.8 cm³/mol. The zero-order valence-electron chi connectivity index (χ0n) is 9.45. The van der Waals surface area contributed by atoms with Gasteiger partial charge in [-0.3, -0.25) is 0 Å². The summed E-state index contributed by atoms with van der Waals surface area (Å²) in [5.74, 6) is 0. The van der Waals surface area contributed by atoms with Crippen LogP contribution in [0.4, 0.5) is 11.4 Å². The van der Waals surface area contributed by atoms with Gasteiger partial charge in [0.05, 0.1) is 24.1 Å². The highest BCUT2D eigenvalue weighted by Gasteiger charge is 2.20. The zero-order valence-corrected chi connectivity index (χ0v) is 11.0. The molecule has 1 atom stereocenters. The van der Waals surface area contributed by atoms with Crippen molar-refractivity contribution in [2.45, 2.75) is 19.4 Å². The molecule has 16 heavy (non-hydrogen) atoms. The van der Waals surface area contributed by atoms with E-state index in [9.17, 15) is 0 Å². The van der Waals surface area contributed by atoms with E-state index < -0.39 is 0 Å². The Morgan fingerprint density at radius 1 is 1.56 bits per heavy atom. The molecular formula is C12H17BrN2O. The Bertz CT molecular complexity index is 370. The Hall–Kier alpha value is -0.740. The van der Waals surface area contributed by atoms with Crippen molar-refractivity contribution in [2.75, 3.05) is 30.3 Å². The van der Waals surface area contributed by atoms with Gasteiger partial charge in [-0.1, -0.05) is 22.9 Å². The van der Waals surface area contributed by atoms with E-state index in [2.05, 4.69) is 33.8 Å². The highest BCUT2D eigenvalue weighted by Crippen LogP contribution is 2.28. The molecule has 1 saturated heterocycles. The number of halogens is 1. The number of anilines is 2. The third-order valence-corrected chi connectivity index (χ3v) is 3.42. The van der Waals surface area contributed by atoms with Gasteiger partial charge in [0.2, 0.25) is 0 Å². The molecule has 0 aromatic heterocycles. The maximum atomic E-state index is 6.03. The van der Waals surface area contributed by atoms with E-state index in [0.29, 0.717) is 6.10 Å². The van der Waals surface area contributed by atoms with Gasteiger partial charge in [0.25, 0.3) is 0 Å². The Kier molecular flexibility index (Phi) is 3.71. The highest BCUT2D eigenvalue weighted by atomic mass is 79.9. The summed E-state index contributed by atoms with van der Waals surface area (Å²) in [6, 6.07) is 6.05. The fourth-order valence-corrected chi connectivity index (χ4v) is 2.38. The molecule has 3 nitrogen and oxygen atoms in total. The average Bonchev–Trinajstić information content (AvgIpc) is 2.29. The fourth-order valence-electron chi connectivity index (χ4n) is 2.00. The molecule has 1 fully saturated rings. The molecule has 0 aliphatic carbocycles. The topological polar surface area (TPSA) is 38.5 Å². The minimum atomic E-state index is 0.330. The molecule has 0 radical (unpaired) electrons. The van der Waals surface area contributed by atoms with E-state index in [4.69, 9.17) is 10.5 Å². The predicted octanol–water partition coefficient (Wildman–Crippen LogP) is 2.65. The second-order valence-electron chi connectivity index (χ2n) is 4.05. The molecule has 0 bridgehead atoms. The van der Waals surface area contributed by atoms with Crippen molar-refractivity contribution in [3.8, 4) is 0 Å². The number of ether oxygens (including phenoxy) is 1. The van der Waals surface area contributed by atoms with Crippen molar-refractivity contribution >= 4 is 27.3 Å². The molecule has 2 N–H and O–H groups in total. The van der Waals surface area contributed by atoms with E-state index in [1.165, 1.54) is 0 Å². The second-order valence-corrected chi connectivity index (χ2v) is 4.97. The molecule has 0 amide bonds. The Morgan fingerprint density at radius 2 is 2.38 bits per heavy atom. The lowest BCUT2D eigenvalue weighted by molar-refractivity contribution is 0.0385. The van der Waals surface area contributed by atoms with Gasteiger partial charge in [-0.25, -0.2) is 0 Å².